The lowest BCUT2D eigenvalue weighted by molar-refractivity contribution is -0.139. The molecule has 0 spiro atoms. The highest BCUT2D eigenvalue weighted by atomic mass is 35.5. The van der Waals surface area contributed by atoms with Gasteiger partial charge in [0.1, 0.15) is 15.2 Å². The first kappa shape index (κ1) is 21.1. The van der Waals surface area contributed by atoms with Crippen molar-refractivity contribution in [3.8, 4) is 0 Å². The maximum atomic E-state index is 12.9. The number of carbonyl (C=O) groups excluding carboxylic acids is 2. The van der Waals surface area contributed by atoms with Gasteiger partial charge in [0.05, 0.1) is 6.26 Å². The van der Waals surface area contributed by atoms with E-state index in [9.17, 15) is 18.0 Å². The Morgan fingerprint density at radius 1 is 1.03 bits per heavy atom. The van der Waals surface area contributed by atoms with Crippen molar-refractivity contribution in [2.45, 2.75) is 16.0 Å². The minimum Gasteiger partial charge on any atom is -0.468 e. The SMILES string of the molecule is O=C(NCc1ccc(Cl)cc1)C(=O)NC[C@H](c1ccco1)S(=O)(=O)c1cccs1. The predicted octanol–water partition coefficient (Wildman–Crippen LogP) is 2.94. The van der Waals surface area contributed by atoms with Gasteiger partial charge < -0.3 is 15.1 Å². The van der Waals surface area contributed by atoms with Gasteiger partial charge in [0.2, 0.25) is 0 Å². The molecule has 2 N–H and O–H groups in total. The van der Waals surface area contributed by atoms with E-state index in [0.29, 0.717) is 5.02 Å². The minimum atomic E-state index is -3.80. The quantitative estimate of drug-likeness (QED) is 0.536. The number of hydrogen-bond acceptors (Lipinski definition) is 6. The fraction of sp³-hybridized carbons (Fsp3) is 0.158. The Morgan fingerprint density at radius 3 is 2.38 bits per heavy atom. The molecule has 2 heterocycles. The number of nitrogens with one attached hydrogen (secondary N) is 2. The van der Waals surface area contributed by atoms with E-state index in [1.165, 1.54) is 18.4 Å². The van der Waals surface area contributed by atoms with Crippen LogP contribution in [0.4, 0.5) is 0 Å². The van der Waals surface area contributed by atoms with Crippen molar-refractivity contribution < 1.29 is 22.4 Å². The Hall–Kier alpha value is -2.62. The Balaban J connectivity index is 1.64. The first-order valence-corrected chi connectivity index (χ1v) is 11.3. The van der Waals surface area contributed by atoms with E-state index in [2.05, 4.69) is 10.6 Å². The molecule has 2 amide bonds. The van der Waals surface area contributed by atoms with Crippen LogP contribution in [-0.2, 0) is 26.0 Å². The molecular weight excluding hydrogens is 436 g/mol. The second-order valence-corrected chi connectivity index (χ2v) is 9.74. The number of rotatable bonds is 7. The summed E-state index contributed by atoms with van der Waals surface area (Å²) in [5, 5.41) is 5.92. The standard InChI is InChI=1S/C19H17ClN2O5S2/c20-14-7-5-13(6-8-14)11-21-18(23)19(24)22-12-16(15-3-1-9-27-15)29(25,26)17-4-2-10-28-17/h1-10,16H,11-12H2,(H,21,23)(H,22,24)/t16-/m1/s1. The van der Waals surface area contributed by atoms with Gasteiger partial charge in [-0.1, -0.05) is 29.8 Å². The second-order valence-electron chi connectivity index (χ2n) is 6.00. The normalized spacial score (nSPS) is 12.3. The zero-order chi connectivity index (χ0) is 20.9. The van der Waals surface area contributed by atoms with Gasteiger partial charge in [0, 0.05) is 18.1 Å². The molecule has 0 aliphatic heterocycles. The summed E-state index contributed by atoms with van der Waals surface area (Å²) in [6.45, 7) is -0.167. The average Bonchev–Trinajstić information content (AvgIpc) is 3.41. The Bertz CT molecular complexity index is 1060. The third-order valence-corrected chi connectivity index (χ3v) is 7.78. The van der Waals surface area contributed by atoms with Gasteiger partial charge in [-0.2, -0.15) is 0 Å². The van der Waals surface area contributed by atoms with Crippen molar-refractivity contribution in [1.82, 2.24) is 10.6 Å². The fourth-order valence-corrected chi connectivity index (χ4v) is 5.45. The zero-order valence-electron chi connectivity index (χ0n) is 15.0. The molecule has 2 aromatic heterocycles. The zero-order valence-corrected chi connectivity index (χ0v) is 17.4. The molecule has 7 nitrogen and oxygen atoms in total. The van der Waals surface area contributed by atoms with Crippen LogP contribution >= 0.6 is 22.9 Å². The molecule has 0 aliphatic carbocycles. The summed E-state index contributed by atoms with van der Waals surface area (Å²) in [7, 11) is -3.80. The molecule has 0 unspecified atom stereocenters. The highest BCUT2D eigenvalue weighted by molar-refractivity contribution is 7.93. The second kappa shape index (κ2) is 9.25. The van der Waals surface area contributed by atoms with E-state index in [1.54, 1.807) is 41.8 Å². The van der Waals surface area contributed by atoms with Crippen molar-refractivity contribution in [1.29, 1.82) is 0 Å². The maximum absolute atomic E-state index is 12.9. The lowest BCUT2D eigenvalue weighted by atomic mass is 10.2. The molecule has 3 rings (SSSR count). The van der Waals surface area contributed by atoms with Crippen LogP contribution in [0.15, 0.2) is 68.8 Å². The Kier molecular flexibility index (Phi) is 6.73. The summed E-state index contributed by atoms with van der Waals surface area (Å²) >= 11 is 6.88. The lowest BCUT2D eigenvalue weighted by Crippen LogP contribution is -2.42. The molecule has 152 valence electrons. The van der Waals surface area contributed by atoms with Gasteiger partial charge in [-0.15, -0.1) is 11.3 Å². The van der Waals surface area contributed by atoms with Crippen LogP contribution in [0, 0.1) is 0 Å². The fourth-order valence-electron chi connectivity index (χ4n) is 2.53. The third-order valence-electron chi connectivity index (χ3n) is 4.03. The summed E-state index contributed by atoms with van der Waals surface area (Å²) in [5.41, 5.74) is 0.768. The van der Waals surface area contributed by atoms with Crippen LogP contribution < -0.4 is 10.6 Å². The van der Waals surface area contributed by atoms with Crippen molar-refractivity contribution >= 4 is 44.6 Å². The predicted molar refractivity (Wildman–Crippen MR) is 109 cm³/mol. The van der Waals surface area contributed by atoms with Gasteiger partial charge in [-0.25, -0.2) is 8.42 Å². The first-order valence-electron chi connectivity index (χ1n) is 8.49. The Labute approximate surface area is 176 Å². The van der Waals surface area contributed by atoms with Crippen molar-refractivity contribution in [3.05, 3.63) is 76.5 Å². The van der Waals surface area contributed by atoms with Crippen LogP contribution in [0.5, 0.6) is 0 Å². The van der Waals surface area contributed by atoms with E-state index in [1.807, 2.05) is 0 Å². The van der Waals surface area contributed by atoms with E-state index >= 15 is 0 Å². The molecule has 0 radical (unpaired) electrons. The van der Waals surface area contributed by atoms with Crippen LogP contribution in [0.1, 0.15) is 16.6 Å². The van der Waals surface area contributed by atoms with E-state index in [0.717, 1.165) is 16.9 Å². The monoisotopic (exact) mass is 452 g/mol. The number of thiophene rings is 1. The van der Waals surface area contributed by atoms with E-state index < -0.39 is 26.9 Å². The van der Waals surface area contributed by atoms with Gasteiger partial charge >= 0.3 is 11.8 Å². The molecule has 10 heteroatoms. The van der Waals surface area contributed by atoms with Gasteiger partial charge in [0.15, 0.2) is 9.84 Å². The van der Waals surface area contributed by atoms with Crippen molar-refractivity contribution in [2.75, 3.05) is 6.54 Å². The lowest BCUT2D eigenvalue weighted by Gasteiger charge is -2.15. The van der Waals surface area contributed by atoms with Crippen molar-refractivity contribution in [3.63, 3.8) is 0 Å². The summed E-state index contributed by atoms with van der Waals surface area (Å²) in [4.78, 5) is 24.2. The van der Waals surface area contributed by atoms with E-state index in [4.69, 9.17) is 16.0 Å². The van der Waals surface area contributed by atoms with Crippen molar-refractivity contribution in [2.24, 2.45) is 0 Å². The average molecular weight is 453 g/mol. The van der Waals surface area contributed by atoms with Gasteiger partial charge in [-0.05, 0) is 41.3 Å². The first-order chi connectivity index (χ1) is 13.9. The van der Waals surface area contributed by atoms with Gasteiger partial charge in [0.25, 0.3) is 0 Å². The number of amides is 2. The molecule has 0 bridgehead atoms. The number of halogens is 1. The highest BCUT2D eigenvalue weighted by Gasteiger charge is 2.33. The number of sulfone groups is 1. The summed E-state index contributed by atoms with van der Waals surface area (Å²) in [5.74, 6) is -1.62. The van der Waals surface area contributed by atoms with Crippen LogP contribution in [0.3, 0.4) is 0 Å². The summed E-state index contributed by atoms with van der Waals surface area (Å²) in [6, 6.07) is 13.0. The topological polar surface area (TPSA) is 105 Å². The van der Waals surface area contributed by atoms with Gasteiger partial charge in [-0.3, -0.25) is 9.59 Å². The molecule has 0 aliphatic rings. The Morgan fingerprint density at radius 2 is 1.76 bits per heavy atom. The third kappa shape index (κ3) is 5.26. The largest absolute Gasteiger partial charge is 0.468 e. The molecule has 29 heavy (non-hydrogen) atoms. The summed E-state index contributed by atoms with van der Waals surface area (Å²) in [6.07, 6.45) is 1.35. The molecule has 0 saturated heterocycles. The number of benzene rings is 1. The molecular formula is C19H17ClN2O5S2. The number of furan rings is 1. The van der Waals surface area contributed by atoms with Crippen LogP contribution in [-0.4, -0.2) is 26.8 Å². The molecule has 3 aromatic rings. The minimum absolute atomic E-state index is 0.137. The van der Waals surface area contributed by atoms with Crippen LogP contribution in [0.2, 0.25) is 5.02 Å². The highest BCUT2D eigenvalue weighted by Crippen LogP contribution is 2.31. The van der Waals surface area contributed by atoms with E-state index in [-0.39, 0.29) is 23.1 Å². The van der Waals surface area contributed by atoms with Crippen LogP contribution in [0.25, 0.3) is 0 Å². The molecule has 1 atom stereocenters. The number of carbonyl (C=O) groups is 2. The number of hydrogen-bond donors (Lipinski definition) is 2. The summed E-state index contributed by atoms with van der Waals surface area (Å²) < 4.78 is 31.2. The maximum Gasteiger partial charge on any atom is 0.309 e. The smallest absolute Gasteiger partial charge is 0.309 e. The molecule has 0 saturated carbocycles. The molecule has 0 fully saturated rings. The molecule has 1 aromatic carbocycles.